The summed E-state index contributed by atoms with van der Waals surface area (Å²) in [5, 5.41) is 0. The fourth-order valence-electron chi connectivity index (χ4n) is 0.672. The first-order valence-electron chi connectivity index (χ1n) is 2.81. The Balaban J connectivity index is 3.13. The van der Waals surface area contributed by atoms with Gasteiger partial charge in [0.15, 0.2) is 0 Å². The summed E-state index contributed by atoms with van der Waals surface area (Å²) in [4.78, 5) is 10.1. The number of terminal acetylenes is 1. The van der Waals surface area contributed by atoms with Crippen molar-refractivity contribution in [3.8, 4) is 12.3 Å². The highest BCUT2D eigenvalue weighted by atomic mass is 16.1. The van der Waals surface area contributed by atoms with Crippen molar-refractivity contribution in [2.24, 2.45) is 0 Å². The quantitative estimate of drug-likeness (QED) is 0.519. The zero-order chi connectivity index (χ0) is 7.40. The highest BCUT2D eigenvalue weighted by Crippen LogP contribution is 1.99. The summed E-state index contributed by atoms with van der Waals surface area (Å²) >= 11 is 0. The van der Waals surface area contributed by atoms with Gasteiger partial charge in [0.05, 0.1) is 0 Å². The monoisotopic (exact) mass is 129 g/mol. The molecule has 0 fully saturated rings. The van der Waals surface area contributed by atoms with Gasteiger partial charge in [0.2, 0.25) is 6.29 Å². The predicted molar refractivity (Wildman–Crippen MR) is 39.2 cm³/mol. The van der Waals surface area contributed by atoms with E-state index in [1.54, 1.807) is 30.6 Å². The van der Waals surface area contributed by atoms with Crippen molar-refractivity contribution in [1.82, 2.24) is 0 Å². The molecule has 0 aliphatic heterocycles. The molecule has 0 unspecified atom stereocenters. The number of hydrogen-bond donors (Lipinski definition) is 0. The first-order valence-corrected chi connectivity index (χ1v) is 2.81. The van der Waals surface area contributed by atoms with Crippen molar-refractivity contribution in [1.29, 1.82) is 0 Å². The molecular weight excluding hydrogens is 124 g/mol. The molecule has 1 aromatic carbocycles. The summed E-state index contributed by atoms with van der Waals surface area (Å²) in [5.41, 5.74) is 1.20. The number of benzene rings is 1. The Morgan fingerprint density at radius 2 is 2.00 bits per heavy atom. The summed E-state index contributed by atoms with van der Waals surface area (Å²) in [5.74, 6) is 2.42. The van der Waals surface area contributed by atoms with Crippen LogP contribution in [0, 0.1) is 12.3 Å². The minimum Gasteiger partial charge on any atom is -0.285 e. The van der Waals surface area contributed by atoms with Crippen LogP contribution in [-0.2, 0) is 4.79 Å². The maximum atomic E-state index is 10.1. The van der Waals surface area contributed by atoms with Gasteiger partial charge >= 0.3 is 0 Å². The lowest BCUT2D eigenvalue weighted by molar-refractivity contribution is 0.563. The Bertz CT molecular complexity index is 281. The highest BCUT2D eigenvalue weighted by Gasteiger charge is 1.89. The van der Waals surface area contributed by atoms with Gasteiger partial charge in [-0.05, 0) is 12.1 Å². The van der Waals surface area contributed by atoms with Gasteiger partial charge in [-0.3, -0.25) is 4.79 Å². The van der Waals surface area contributed by atoms with Crippen LogP contribution in [0.1, 0.15) is 11.1 Å². The molecular formula is C9H5O. The Morgan fingerprint density at radius 1 is 1.30 bits per heavy atom. The Morgan fingerprint density at radius 3 is 2.60 bits per heavy atom. The molecule has 0 atom stereocenters. The van der Waals surface area contributed by atoms with Crippen molar-refractivity contribution in [3.63, 3.8) is 0 Å². The van der Waals surface area contributed by atoms with Crippen molar-refractivity contribution in [2.45, 2.75) is 0 Å². The first kappa shape index (κ1) is 6.57. The van der Waals surface area contributed by atoms with E-state index in [4.69, 9.17) is 6.42 Å². The lowest BCUT2D eigenvalue weighted by Crippen LogP contribution is -1.80. The molecule has 0 amide bonds. The van der Waals surface area contributed by atoms with Crippen molar-refractivity contribution < 1.29 is 4.79 Å². The fraction of sp³-hybridized carbons (Fsp3) is 0. The van der Waals surface area contributed by atoms with Gasteiger partial charge in [0.25, 0.3) is 0 Å². The molecule has 0 saturated carbocycles. The van der Waals surface area contributed by atoms with Crippen LogP contribution in [0.4, 0.5) is 0 Å². The van der Waals surface area contributed by atoms with Gasteiger partial charge in [-0.2, -0.15) is 0 Å². The molecule has 0 aliphatic carbocycles. The van der Waals surface area contributed by atoms with E-state index >= 15 is 0 Å². The third-order valence-electron chi connectivity index (χ3n) is 1.15. The zero-order valence-corrected chi connectivity index (χ0v) is 5.29. The van der Waals surface area contributed by atoms with Gasteiger partial charge in [0.1, 0.15) is 0 Å². The average molecular weight is 129 g/mol. The lowest BCUT2D eigenvalue weighted by atomic mass is 10.1. The second kappa shape index (κ2) is 2.84. The average Bonchev–Trinajstić information content (AvgIpc) is 2.05. The number of hydrogen-bond acceptors (Lipinski definition) is 1. The van der Waals surface area contributed by atoms with Gasteiger partial charge in [-0.1, -0.05) is 18.1 Å². The van der Waals surface area contributed by atoms with E-state index in [0.717, 1.165) is 0 Å². The van der Waals surface area contributed by atoms with Crippen LogP contribution in [0.3, 0.4) is 0 Å². The molecule has 1 heteroatoms. The molecule has 0 bridgehead atoms. The van der Waals surface area contributed by atoms with E-state index in [2.05, 4.69) is 5.92 Å². The van der Waals surface area contributed by atoms with Crippen molar-refractivity contribution in [2.75, 3.05) is 0 Å². The van der Waals surface area contributed by atoms with Crippen LogP contribution in [-0.4, -0.2) is 6.29 Å². The third kappa shape index (κ3) is 1.24. The van der Waals surface area contributed by atoms with Crippen LogP contribution in [0.25, 0.3) is 0 Å². The summed E-state index contributed by atoms with van der Waals surface area (Å²) in [6.07, 6.45) is 6.85. The molecule has 0 heterocycles. The maximum Gasteiger partial charge on any atom is 0.233 e. The predicted octanol–water partition coefficient (Wildman–Crippen LogP) is 1.13. The topological polar surface area (TPSA) is 17.1 Å². The molecule has 10 heavy (non-hydrogen) atoms. The SMILES string of the molecule is C#Cc1cccc([C]=O)c1. The van der Waals surface area contributed by atoms with E-state index in [-0.39, 0.29) is 0 Å². The zero-order valence-electron chi connectivity index (χ0n) is 5.29. The van der Waals surface area contributed by atoms with Gasteiger partial charge in [-0.15, -0.1) is 6.42 Å². The minimum atomic E-state index is 0.496. The van der Waals surface area contributed by atoms with Gasteiger partial charge < -0.3 is 0 Å². The van der Waals surface area contributed by atoms with E-state index in [0.29, 0.717) is 11.1 Å². The number of rotatable bonds is 1. The molecule has 0 aromatic heterocycles. The van der Waals surface area contributed by atoms with Crippen LogP contribution in [0.15, 0.2) is 24.3 Å². The summed E-state index contributed by atoms with van der Waals surface area (Å²) in [7, 11) is 0. The van der Waals surface area contributed by atoms with Crippen LogP contribution in [0.5, 0.6) is 0 Å². The first-order chi connectivity index (χ1) is 4.86. The van der Waals surface area contributed by atoms with Crippen LogP contribution in [0.2, 0.25) is 0 Å². The van der Waals surface area contributed by atoms with Crippen molar-refractivity contribution >= 4 is 6.29 Å². The third-order valence-corrected chi connectivity index (χ3v) is 1.15. The second-order valence-corrected chi connectivity index (χ2v) is 1.83. The Hall–Kier alpha value is -1.55. The highest BCUT2D eigenvalue weighted by molar-refractivity contribution is 5.75. The molecule has 1 aromatic rings. The Kier molecular flexibility index (Phi) is 1.86. The lowest BCUT2D eigenvalue weighted by Gasteiger charge is -1.88. The van der Waals surface area contributed by atoms with E-state index < -0.39 is 0 Å². The molecule has 1 radical (unpaired) electrons. The molecule has 47 valence electrons. The van der Waals surface area contributed by atoms with Gasteiger partial charge in [-0.25, -0.2) is 0 Å². The summed E-state index contributed by atoms with van der Waals surface area (Å²) in [6, 6.07) is 6.77. The van der Waals surface area contributed by atoms with Crippen molar-refractivity contribution in [3.05, 3.63) is 35.4 Å². The number of carbonyl (C=O) groups excluding carboxylic acids is 1. The largest absolute Gasteiger partial charge is 0.285 e. The fourth-order valence-corrected chi connectivity index (χ4v) is 0.672. The minimum absolute atomic E-state index is 0.496. The molecule has 0 aliphatic rings. The van der Waals surface area contributed by atoms with Gasteiger partial charge in [0, 0.05) is 11.1 Å². The standard InChI is InChI=1S/C9H5O/c1-2-8-4-3-5-9(6-8)7-10/h1,3-6H. The van der Waals surface area contributed by atoms with E-state index in [1.165, 1.54) is 0 Å². The van der Waals surface area contributed by atoms with E-state index in [9.17, 15) is 4.79 Å². The summed E-state index contributed by atoms with van der Waals surface area (Å²) in [6.45, 7) is 0. The molecule has 1 rings (SSSR count). The normalized spacial score (nSPS) is 8.30. The molecule has 0 spiro atoms. The van der Waals surface area contributed by atoms with Crippen LogP contribution < -0.4 is 0 Å². The second-order valence-electron chi connectivity index (χ2n) is 1.83. The van der Waals surface area contributed by atoms with E-state index in [1.807, 2.05) is 0 Å². The molecule has 0 N–H and O–H groups in total. The summed E-state index contributed by atoms with van der Waals surface area (Å²) < 4.78 is 0. The molecule has 0 saturated heterocycles. The van der Waals surface area contributed by atoms with Crippen LogP contribution >= 0.6 is 0 Å². The molecule has 1 nitrogen and oxygen atoms in total. The smallest absolute Gasteiger partial charge is 0.233 e. The Labute approximate surface area is 59.7 Å². The maximum absolute atomic E-state index is 10.1.